The van der Waals surface area contributed by atoms with Crippen LogP contribution in [0.2, 0.25) is 0 Å². The van der Waals surface area contributed by atoms with E-state index in [4.69, 9.17) is 14.5 Å². The number of rotatable bonds is 2. The lowest BCUT2D eigenvalue weighted by molar-refractivity contribution is 0.0270. The maximum atomic E-state index is 12.2. The zero-order valence-electron chi connectivity index (χ0n) is 16.3. The van der Waals surface area contributed by atoms with E-state index in [0.29, 0.717) is 18.7 Å². The molecule has 7 heteroatoms. The Balaban J connectivity index is 1.81. The number of carbonyl (C=O) groups excluding carboxylic acids is 2. The van der Waals surface area contributed by atoms with Crippen LogP contribution in [0.3, 0.4) is 0 Å². The summed E-state index contributed by atoms with van der Waals surface area (Å²) < 4.78 is 11.2. The molecule has 144 valence electrons. The maximum Gasteiger partial charge on any atom is 0.410 e. The standard InChI is InChI=1S/C20H24N2O4S/c1-12-10-14(18(23)25-5)11-15-16(12)21-17(27-15)13-6-8-22(9-7-13)19(24)26-20(2,3)4/h6,10-11H,7-9H2,1-5H3. The van der Waals surface area contributed by atoms with Crippen molar-refractivity contribution in [3.8, 4) is 0 Å². The summed E-state index contributed by atoms with van der Waals surface area (Å²) in [6.07, 6.45) is 2.46. The van der Waals surface area contributed by atoms with Gasteiger partial charge >= 0.3 is 12.1 Å². The van der Waals surface area contributed by atoms with Gasteiger partial charge in [0.25, 0.3) is 0 Å². The number of thiazole rings is 1. The van der Waals surface area contributed by atoms with Gasteiger partial charge in [0.05, 0.1) is 22.9 Å². The number of benzene rings is 1. The number of fused-ring (bicyclic) bond motifs is 1. The molecule has 0 fully saturated rings. The molecule has 1 aromatic carbocycles. The first-order valence-electron chi connectivity index (χ1n) is 8.85. The molecular weight excluding hydrogens is 364 g/mol. The fourth-order valence-electron chi connectivity index (χ4n) is 2.93. The summed E-state index contributed by atoms with van der Waals surface area (Å²) in [6.45, 7) is 8.64. The van der Waals surface area contributed by atoms with Gasteiger partial charge in [-0.25, -0.2) is 14.6 Å². The lowest BCUT2D eigenvalue weighted by atomic mass is 10.1. The summed E-state index contributed by atoms with van der Waals surface area (Å²) in [4.78, 5) is 30.5. The predicted octanol–water partition coefficient (Wildman–Crippen LogP) is 4.42. The number of aromatic nitrogens is 1. The highest BCUT2D eigenvalue weighted by molar-refractivity contribution is 7.19. The van der Waals surface area contributed by atoms with Crippen molar-refractivity contribution in [3.05, 3.63) is 34.3 Å². The Labute approximate surface area is 162 Å². The van der Waals surface area contributed by atoms with Gasteiger partial charge in [-0.15, -0.1) is 11.3 Å². The van der Waals surface area contributed by atoms with E-state index in [9.17, 15) is 9.59 Å². The van der Waals surface area contributed by atoms with Crippen LogP contribution >= 0.6 is 11.3 Å². The normalized spacial score (nSPS) is 14.9. The first-order chi connectivity index (χ1) is 12.7. The fraction of sp³-hybridized carbons (Fsp3) is 0.450. The molecule has 1 aliphatic rings. The van der Waals surface area contributed by atoms with Crippen molar-refractivity contribution < 1.29 is 19.1 Å². The van der Waals surface area contributed by atoms with E-state index in [1.807, 2.05) is 39.8 Å². The SMILES string of the molecule is COC(=O)c1cc(C)c2nc(C3=CCN(C(=O)OC(C)(C)C)CC3)sc2c1. The number of methoxy groups -OCH3 is 1. The Bertz CT molecular complexity index is 924. The molecule has 0 unspecified atom stereocenters. The largest absolute Gasteiger partial charge is 0.465 e. The van der Waals surface area contributed by atoms with E-state index in [-0.39, 0.29) is 12.1 Å². The second-order valence-corrected chi connectivity index (χ2v) is 8.59. The average molecular weight is 388 g/mol. The molecule has 0 bridgehead atoms. The second kappa shape index (κ2) is 7.31. The summed E-state index contributed by atoms with van der Waals surface area (Å²) >= 11 is 1.56. The molecule has 0 radical (unpaired) electrons. The van der Waals surface area contributed by atoms with Gasteiger partial charge in [0.1, 0.15) is 10.6 Å². The predicted molar refractivity (Wildman–Crippen MR) is 106 cm³/mol. The first-order valence-corrected chi connectivity index (χ1v) is 9.66. The molecule has 1 aromatic heterocycles. The molecular formula is C20H24N2O4S. The van der Waals surface area contributed by atoms with E-state index in [0.717, 1.165) is 32.8 Å². The number of ether oxygens (including phenoxy) is 2. The summed E-state index contributed by atoms with van der Waals surface area (Å²) in [6, 6.07) is 3.63. The van der Waals surface area contributed by atoms with Gasteiger partial charge in [0.15, 0.2) is 0 Å². The second-order valence-electron chi connectivity index (χ2n) is 7.56. The lowest BCUT2D eigenvalue weighted by Gasteiger charge is -2.29. The summed E-state index contributed by atoms with van der Waals surface area (Å²) in [5.74, 6) is -0.347. The van der Waals surface area contributed by atoms with Crippen molar-refractivity contribution in [2.24, 2.45) is 0 Å². The van der Waals surface area contributed by atoms with Gasteiger partial charge in [-0.05, 0) is 57.4 Å². The van der Waals surface area contributed by atoms with E-state index in [1.54, 1.807) is 22.3 Å². The van der Waals surface area contributed by atoms with Crippen molar-refractivity contribution >= 4 is 39.2 Å². The third-order valence-corrected chi connectivity index (χ3v) is 5.32. The van der Waals surface area contributed by atoms with E-state index < -0.39 is 5.60 Å². The quantitative estimate of drug-likeness (QED) is 0.713. The Morgan fingerprint density at radius 1 is 1.26 bits per heavy atom. The zero-order valence-corrected chi connectivity index (χ0v) is 17.1. The Morgan fingerprint density at radius 3 is 2.59 bits per heavy atom. The van der Waals surface area contributed by atoms with Crippen LogP contribution in [0.25, 0.3) is 15.8 Å². The molecule has 2 aromatic rings. The maximum absolute atomic E-state index is 12.2. The average Bonchev–Trinajstić information content (AvgIpc) is 3.04. The molecule has 0 N–H and O–H groups in total. The van der Waals surface area contributed by atoms with E-state index in [2.05, 4.69) is 0 Å². The van der Waals surface area contributed by atoms with Crippen molar-refractivity contribution in [2.45, 2.75) is 39.7 Å². The number of esters is 1. The minimum Gasteiger partial charge on any atom is -0.465 e. The van der Waals surface area contributed by atoms with Crippen LogP contribution in [0.5, 0.6) is 0 Å². The molecule has 0 spiro atoms. The highest BCUT2D eigenvalue weighted by Crippen LogP contribution is 2.33. The number of aryl methyl sites for hydroxylation is 1. The van der Waals surface area contributed by atoms with Crippen molar-refractivity contribution in [3.63, 3.8) is 0 Å². The Kier molecular flexibility index (Phi) is 5.24. The Morgan fingerprint density at radius 2 is 2.00 bits per heavy atom. The van der Waals surface area contributed by atoms with Crippen LogP contribution in [-0.4, -0.2) is 47.7 Å². The van der Waals surface area contributed by atoms with Crippen LogP contribution in [0, 0.1) is 6.92 Å². The van der Waals surface area contributed by atoms with Crippen LogP contribution in [0.4, 0.5) is 4.79 Å². The Hall–Kier alpha value is -2.41. The monoisotopic (exact) mass is 388 g/mol. The van der Waals surface area contributed by atoms with Gasteiger partial charge in [-0.3, -0.25) is 0 Å². The fourth-order valence-corrected chi connectivity index (χ4v) is 4.08. The highest BCUT2D eigenvalue weighted by atomic mass is 32.1. The molecule has 0 saturated heterocycles. The van der Waals surface area contributed by atoms with Gasteiger partial charge in [-0.1, -0.05) is 6.08 Å². The first kappa shape index (κ1) is 19.4. The third-order valence-electron chi connectivity index (χ3n) is 4.24. The van der Waals surface area contributed by atoms with Crippen molar-refractivity contribution in [1.29, 1.82) is 0 Å². The van der Waals surface area contributed by atoms with Crippen molar-refractivity contribution in [2.75, 3.05) is 20.2 Å². The smallest absolute Gasteiger partial charge is 0.410 e. The molecule has 1 amide bonds. The van der Waals surface area contributed by atoms with Gasteiger partial charge < -0.3 is 14.4 Å². The lowest BCUT2D eigenvalue weighted by Crippen LogP contribution is -2.39. The zero-order chi connectivity index (χ0) is 19.8. The van der Waals surface area contributed by atoms with Gasteiger partial charge in [-0.2, -0.15) is 0 Å². The van der Waals surface area contributed by atoms with Gasteiger partial charge in [0.2, 0.25) is 0 Å². The number of nitrogens with zero attached hydrogens (tertiary/aromatic N) is 2. The van der Waals surface area contributed by atoms with Gasteiger partial charge in [0, 0.05) is 13.1 Å². The molecule has 1 aliphatic heterocycles. The number of carbonyl (C=O) groups is 2. The third kappa shape index (κ3) is 4.30. The topological polar surface area (TPSA) is 68.7 Å². The molecule has 27 heavy (non-hydrogen) atoms. The molecule has 3 rings (SSSR count). The highest BCUT2D eigenvalue weighted by Gasteiger charge is 2.25. The van der Waals surface area contributed by atoms with Crippen LogP contribution in [-0.2, 0) is 9.47 Å². The minimum absolute atomic E-state index is 0.291. The summed E-state index contributed by atoms with van der Waals surface area (Å²) in [5, 5.41) is 0.930. The van der Waals surface area contributed by atoms with Crippen LogP contribution in [0.15, 0.2) is 18.2 Å². The number of amides is 1. The molecule has 2 heterocycles. The summed E-state index contributed by atoms with van der Waals surface area (Å²) in [5.41, 5.74) is 3.00. The number of hydrogen-bond acceptors (Lipinski definition) is 6. The minimum atomic E-state index is -0.497. The summed E-state index contributed by atoms with van der Waals surface area (Å²) in [7, 11) is 1.38. The molecule has 0 aliphatic carbocycles. The van der Waals surface area contributed by atoms with Crippen LogP contribution in [0.1, 0.15) is 48.1 Å². The van der Waals surface area contributed by atoms with Crippen LogP contribution < -0.4 is 0 Å². The van der Waals surface area contributed by atoms with E-state index >= 15 is 0 Å². The van der Waals surface area contributed by atoms with Crippen molar-refractivity contribution in [1.82, 2.24) is 9.88 Å². The molecule has 0 saturated carbocycles. The number of hydrogen-bond donors (Lipinski definition) is 0. The molecule has 6 nitrogen and oxygen atoms in total. The van der Waals surface area contributed by atoms with E-state index in [1.165, 1.54) is 7.11 Å². The molecule has 0 atom stereocenters.